The molecule has 1 aliphatic heterocycles. The number of hydrogen-bond acceptors (Lipinski definition) is 5. The van der Waals surface area contributed by atoms with E-state index in [0.717, 1.165) is 45.6 Å². The number of aromatic amines is 1. The number of nitrogens with one attached hydrogen (secondary N) is 2. The van der Waals surface area contributed by atoms with E-state index in [9.17, 15) is 14.4 Å². The van der Waals surface area contributed by atoms with Gasteiger partial charge < -0.3 is 10.2 Å². The van der Waals surface area contributed by atoms with E-state index < -0.39 is 0 Å². The van der Waals surface area contributed by atoms with Crippen LogP contribution in [0.5, 0.6) is 0 Å². The van der Waals surface area contributed by atoms with Gasteiger partial charge in [-0.25, -0.2) is 4.68 Å². The highest BCUT2D eigenvalue weighted by Crippen LogP contribution is 2.17. The Labute approximate surface area is 199 Å². The zero-order chi connectivity index (χ0) is 23.9. The van der Waals surface area contributed by atoms with Gasteiger partial charge in [-0.2, -0.15) is 0 Å². The molecule has 2 N–H and O–H groups in total. The highest BCUT2D eigenvalue weighted by molar-refractivity contribution is 5.80. The third-order valence-corrected chi connectivity index (χ3v) is 6.41. The first-order valence-electron chi connectivity index (χ1n) is 12.0. The van der Waals surface area contributed by atoms with Crippen LogP contribution in [0.15, 0.2) is 58.1 Å². The first-order valence-corrected chi connectivity index (χ1v) is 12.0. The van der Waals surface area contributed by atoms with Gasteiger partial charge in [0.15, 0.2) is 0 Å². The van der Waals surface area contributed by atoms with Crippen molar-refractivity contribution in [2.45, 2.75) is 32.7 Å². The lowest BCUT2D eigenvalue weighted by Gasteiger charge is -2.36. The van der Waals surface area contributed by atoms with Crippen LogP contribution in [0.1, 0.15) is 24.8 Å². The molecule has 8 heteroatoms. The summed E-state index contributed by atoms with van der Waals surface area (Å²) in [5.74, 6) is -0.118. The van der Waals surface area contributed by atoms with E-state index in [2.05, 4.69) is 51.4 Å². The van der Waals surface area contributed by atoms with Crippen LogP contribution >= 0.6 is 0 Å². The molecule has 180 valence electrons. The largest absolute Gasteiger partial charge is 0.369 e. The normalized spacial score (nSPS) is 14.4. The van der Waals surface area contributed by atoms with Crippen LogP contribution in [0.2, 0.25) is 0 Å². The van der Waals surface area contributed by atoms with Crippen molar-refractivity contribution < 1.29 is 4.79 Å². The van der Waals surface area contributed by atoms with Gasteiger partial charge in [-0.05, 0) is 56.1 Å². The molecule has 4 rings (SSSR count). The molecule has 0 saturated carbocycles. The molecule has 3 aromatic rings. The van der Waals surface area contributed by atoms with E-state index in [1.54, 1.807) is 24.3 Å². The monoisotopic (exact) mass is 463 g/mol. The van der Waals surface area contributed by atoms with Crippen molar-refractivity contribution >= 4 is 22.4 Å². The van der Waals surface area contributed by atoms with Crippen LogP contribution in [-0.2, 0) is 11.3 Å². The van der Waals surface area contributed by atoms with E-state index in [-0.39, 0.29) is 30.0 Å². The first kappa shape index (κ1) is 23.8. The molecule has 2 aromatic carbocycles. The van der Waals surface area contributed by atoms with E-state index in [1.165, 1.54) is 15.9 Å². The number of piperazine rings is 1. The Morgan fingerprint density at radius 2 is 1.71 bits per heavy atom. The summed E-state index contributed by atoms with van der Waals surface area (Å²) >= 11 is 0. The SMILES string of the molecule is Cc1cccc(N2CCN(CCCCNC(=O)CCn3[nH]c(=O)c4ccccc4c3=O)CC2)c1. The quantitative estimate of drug-likeness (QED) is 0.475. The zero-order valence-electron chi connectivity index (χ0n) is 19.8. The lowest BCUT2D eigenvalue weighted by molar-refractivity contribution is -0.121. The summed E-state index contributed by atoms with van der Waals surface area (Å²) in [5, 5.41) is 6.22. The molecule has 0 atom stereocenters. The van der Waals surface area contributed by atoms with Gasteiger partial charge in [0.05, 0.1) is 17.3 Å². The molecule has 0 bridgehead atoms. The summed E-state index contributed by atoms with van der Waals surface area (Å²) in [5.41, 5.74) is 1.98. The molecule has 0 radical (unpaired) electrons. The van der Waals surface area contributed by atoms with Gasteiger partial charge >= 0.3 is 0 Å². The number of H-pyrrole nitrogens is 1. The van der Waals surface area contributed by atoms with E-state index in [0.29, 0.717) is 17.3 Å². The average Bonchev–Trinajstić information content (AvgIpc) is 2.85. The summed E-state index contributed by atoms with van der Waals surface area (Å²) in [6, 6.07) is 15.4. The minimum Gasteiger partial charge on any atom is -0.369 e. The summed E-state index contributed by atoms with van der Waals surface area (Å²) in [4.78, 5) is 41.8. The lowest BCUT2D eigenvalue weighted by atomic mass is 10.2. The van der Waals surface area contributed by atoms with Gasteiger partial charge in [-0.1, -0.05) is 24.3 Å². The second kappa shape index (κ2) is 11.2. The molecule has 0 unspecified atom stereocenters. The molecule has 0 spiro atoms. The Kier molecular flexibility index (Phi) is 7.80. The van der Waals surface area contributed by atoms with Crippen molar-refractivity contribution in [1.82, 2.24) is 20.0 Å². The number of aromatic nitrogens is 2. The highest BCUT2D eigenvalue weighted by atomic mass is 16.2. The standard InChI is InChI=1S/C26H33N5O3/c1-20-7-6-8-21(19-20)30-17-15-29(16-18-30)13-5-4-12-27-24(32)11-14-31-26(34)23-10-3-2-9-22(23)25(33)28-31/h2-3,6-10,19H,4-5,11-18H2,1H3,(H,27,32)(H,28,33). The smallest absolute Gasteiger partial charge is 0.273 e. The molecule has 8 nitrogen and oxygen atoms in total. The maximum absolute atomic E-state index is 12.5. The van der Waals surface area contributed by atoms with E-state index in [1.807, 2.05) is 0 Å². The van der Waals surface area contributed by atoms with Crippen molar-refractivity contribution in [2.24, 2.45) is 0 Å². The Morgan fingerprint density at radius 3 is 2.47 bits per heavy atom. The summed E-state index contributed by atoms with van der Waals surface area (Å²) < 4.78 is 1.22. The molecule has 1 fully saturated rings. The van der Waals surface area contributed by atoms with Gasteiger partial charge in [0.2, 0.25) is 5.91 Å². The van der Waals surface area contributed by atoms with Crippen LogP contribution < -0.4 is 21.3 Å². The molecule has 0 aliphatic carbocycles. The summed E-state index contributed by atoms with van der Waals surface area (Å²) in [6.45, 7) is 8.11. The molecule has 2 heterocycles. The van der Waals surface area contributed by atoms with Gasteiger partial charge in [-0.15, -0.1) is 0 Å². The van der Waals surface area contributed by atoms with E-state index >= 15 is 0 Å². The minimum atomic E-state index is -0.324. The van der Waals surface area contributed by atoms with Crippen LogP contribution in [0, 0.1) is 6.92 Å². The van der Waals surface area contributed by atoms with Crippen molar-refractivity contribution in [3.8, 4) is 0 Å². The number of carbonyl (C=O) groups is 1. The van der Waals surface area contributed by atoms with Crippen molar-refractivity contribution in [3.05, 3.63) is 74.8 Å². The molecule has 1 aliphatic rings. The Morgan fingerprint density at radius 1 is 0.941 bits per heavy atom. The molecular weight excluding hydrogens is 430 g/mol. The van der Waals surface area contributed by atoms with Crippen LogP contribution in [-0.4, -0.2) is 59.9 Å². The van der Waals surface area contributed by atoms with Crippen LogP contribution in [0.4, 0.5) is 5.69 Å². The predicted molar refractivity (Wildman–Crippen MR) is 136 cm³/mol. The predicted octanol–water partition coefficient (Wildman–Crippen LogP) is 2.11. The molecule has 1 aromatic heterocycles. The highest BCUT2D eigenvalue weighted by Gasteiger charge is 2.16. The lowest BCUT2D eigenvalue weighted by Crippen LogP contribution is -2.46. The Hall–Kier alpha value is -3.39. The van der Waals surface area contributed by atoms with Crippen molar-refractivity contribution in [1.29, 1.82) is 0 Å². The van der Waals surface area contributed by atoms with Gasteiger partial charge in [-0.3, -0.25) is 24.4 Å². The first-order chi connectivity index (χ1) is 16.5. The topological polar surface area (TPSA) is 90.4 Å². The number of hydrogen-bond donors (Lipinski definition) is 2. The molecule has 1 saturated heterocycles. The number of carbonyl (C=O) groups excluding carboxylic acids is 1. The number of benzene rings is 2. The van der Waals surface area contributed by atoms with Gasteiger partial charge in [0.1, 0.15) is 0 Å². The third kappa shape index (κ3) is 5.94. The number of aryl methyl sites for hydroxylation is 2. The summed E-state index contributed by atoms with van der Waals surface area (Å²) in [6.07, 6.45) is 2.09. The van der Waals surface area contributed by atoms with Gasteiger partial charge in [0, 0.05) is 44.8 Å². The second-order valence-electron chi connectivity index (χ2n) is 8.92. The molecular formula is C26H33N5O3. The van der Waals surface area contributed by atoms with E-state index in [4.69, 9.17) is 0 Å². The number of nitrogens with zero attached hydrogens (tertiary/aromatic N) is 3. The molecule has 1 amide bonds. The molecule has 34 heavy (non-hydrogen) atoms. The van der Waals surface area contributed by atoms with Crippen molar-refractivity contribution in [2.75, 3.05) is 44.2 Å². The average molecular weight is 464 g/mol. The fourth-order valence-corrected chi connectivity index (χ4v) is 4.45. The number of unbranched alkanes of at least 4 members (excludes halogenated alkanes) is 1. The van der Waals surface area contributed by atoms with Crippen LogP contribution in [0.3, 0.4) is 0 Å². The maximum Gasteiger partial charge on any atom is 0.273 e. The Balaban J connectivity index is 1.13. The minimum absolute atomic E-state index is 0.118. The fraction of sp³-hybridized carbons (Fsp3) is 0.423. The zero-order valence-corrected chi connectivity index (χ0v) is 19.8. The number of rotatable bonds is 9. The third-order valence-electron chi connectivity index (χ3n) is 6.41. The maximum atomic E-state index is 12.5. The van der Waals surface area contributed by atoms with Crippen molar-refractivity contribution in [3.63, 3.8) is 0 Å². The fourth-order valence-electron chi connectivity index (χ4n) is 4.45. The number of anilines is 1. The number of amides is 1. The van der Waals surface area contributed by atoms with Crippen LogP contribution in [0.25, 0.3) is 10.8 Å². The Bertz CT molecular complexity index is 1240. The van der Waals surface area contributed by atoms with Gasteiger partial charge in [0.25, 0.3) is 11.1 Å². The number of fused-ring (bicyclic) bond motifs is 1. The second-order valence-corrected chi connectivity index (χ2v) is 8.92. The summed E-state index contributed by atoms with van der Waals surface area (Å²) in [7, 11) is 0.